The molecule has 0 spiro atoms. The maximum Gasteiger partial charge on any atom is 0.275 e. The van der Waals surface area contributed by atoms with Gasteiger partial charge in [-0.15, -0.1) is 0 Å². The van der Waals surface area contributed by atoms with Crippen LogP contribution in [0.1, 0.15) is 16.1 Å². The summed E-state index contributed by atoms with van der Waals surface area (Å²) in [4.78, 5) is 22.8. The molecular weight excluding hydrogens is 371 g/mol. The molecule has 1 aromatic heterocycles. The number of hydrogen-bond donors (Lipinski definition) is 1. The molecule has 0 aliphatic heterocycles. The van der Waals surface area contributed by atoms with E-state index in [0.29, 0.717) is 28.1 Å². The standard InChI is InChI=1S/C19H16Cl2N4O/c1-25(12-13-5-3-2-4-6-13)18-11-22-17(10-23-18)19(26)24-16-8-7-14(20)9-15(16)21/h2-11H,12H2,1H3,(H,24,26). The van der Waals surface area contributed by atoms with Crippen LogP contribution in [0.3, 0.4) is 0 Å². The van der Waals surface area contributed by atoms with Crippen molar-refractivity contribution in [2.24, 2.45) is 0 Å². The number of carbonyl (C=O) groups excluding carboxylic acids is 1. The average molecular weight is 387 g/mol. The van der Waals surface area contributed by atoms with E-state index in [1.165, 1.54) is 6.20 Å². The maximum absolute atomic E-state index is 12.3. The lowest BCUT2D eigenvalue weighted by Gasteiger charge is -2.17. The van der Waals surface area contributed by atoms with E-state index in [4.69, 9.17) is 23.2 Å². The molecule has 3 rings (SSSR count). The lowest BCUT2D eigenvalue weighted by Crippen LogP contribution is -2.19. The van der Waals surface area contributed by atoms with Gasteiger partial charge in [0.05, 0.1) is 23.1 Å². The molecule has 0 aliphatic rings. The minimum atomic E-state index is -0.390. The normalized spacial score (nSPS) is 10.4. The third-order valence-corrected chi connectivity index (χ3v) is 4.25. The summed E-state index contributed by atoms with van der Waals surface area (Å²) < 4.78 is 0. The summed E-state index contributed by atoms with van der Waals surface area (Å²) in [6.07, 6.45) is 3.01. The van der Waals surface area contributed by atoms with Crippen molar-refractivity contribution in [2.45, 2.75) is 6.54 Å². The van der Waals surface area contributed by atoms with Crippen LogP contribution in [0.5, 0.6) is 0 Å². The van der Waals surface area contributed by atoms with Gasteiger partial charge in [-0.3, -0.25) is 4.79 Å². The molecule has 0 aliphatic carbocycles. The third kappa shape index (κ3) is 4.50. The van der Waals surface area contributed by atoms with Crippen molar-refractivity contribution in [1.29, 1.82) is 0 Å². The number of halogens is 2. The minimum Gasteiger partial charge on any atom is -0.354 e. The number of anilines is 2. The molecule has 7 heteroatoms. The highest BCUT2D eigenvalue weighted by atomic mass is 35.5. The van der Waals surface area contributed by atoms with Crippen molar-refractivity contribution in [3.63, 3.8) is 0 Å². The quantitative estimate of drug-likeness (QED) is 0.691. The highest BCUT2D eigenvalue weighted by Gasteiger charge is 2.12. The Balaban J connectivity index is 1.67. The Morgan fingerprint density at radius 2 is 1.85 bits per heavy atom. The molecule has 0 atom stereocenters. The van der Waals surface area contributed by atoms with Gasteiger partial charge in [-0.05, 0) is 23.8 Å². The van der Waals surface area contributed by atoms with Crippen molar-refractivity contribution >= 4 is 40.6 Å². The second-order valence-electron chi connectivity index (χ2n) is 5.68. The molecule has 1 amide bonds. The summed E-state index contributed by atoms with van der Waals surface area (Å²) in [5, 5.41) is 3.55. The molecule has 5 nitrogen and oxygen atoms in total. The van der Waals surface area contributed by atoms with Crippen LogP contribution in [0, 0.1) is 0 Å². The number of hydrogen-bond acceptors (Lipinski definition) is 4. The Kier molecular flexibility index (Phi) is 5.71. The Morgan fingerprint density at radius 3 is 2.50 bits per heavy atom. The first-order valence-corrected chi connectivity index (χ1v) is 8.62. The van der Waals surface area contributed by atoms with E-state index < -0.39 is 0 Å². The zero-order valence-corrected chi connectivity index (χ0v) is 15.5. The van der Waals surface area contributed by atoms with E-state index in [1.807, 2.05) is 42.3 Å². The SMILES string of the molecule is CN(Cc1ccccc1)c1cnc(C(=O)Nc2ccc(Cl)cc2Cl)cn1. The highest BCUT2D eigenvalue weighted by molar-refractivity contribution is 6.36. The van der Waals surface area contributed by atoms with Crippen molar-refractivity contribution in [2.75, 3.05) is 17.3 Å². The van der Waals surface area contributed by atoms with E-state index in [0.717, 1.165) is 5.56 Å². The number of nitrogens with zero attached hydrogens (tertiary/aromatic N) is 3. The summed E-state index contributed by atoms with van der Waals surface area (Å²) in [7, 11) is 1.92. The predicted octanol–water partition coefficient (Wildman–Crippen LogP) is 4.67. The largest absolute Gasteiger partial charge is 0.354 e. The molecule has 0 unspecified atom stereocenters. The molecule has 0 fully saturated rings. The van der Waals surface area contributed by atoms with Gasteiger partial charge in [-0.25, -0.2) is 9.97 Å². The Hall–Kier alpha value is -2.63. The first kappa shape index (κ1) is 18.2. The van der Waals surface area contributed by atoms with Gasteiger partial charge < -0.3 is 10.2 Å². The van der Waals surface area contributed by atoms with Gasteiger partial charge in [0.25, 0.3) is 5.91 Å². The summed E-state index contributed by atoms with van der Waals surface area (Å²) >= 11 is 11.9. The highest BCUT2D eigenvalue weighted by Crippen LogP contribution is 2.25. The summed E-state index contributed by atoms with van der Waals surface area (Å²) in [6.45, 7) is 0.696. The van der Waals surface area contributed by atoms with E-state index in [9.17, 15) is 4.79 Å². The van der Waals surface area contributed by atoms with E-state index >= 15 is 0 Å². The zero-order chi connectivity index (χ0) is 18.5. The molecule has 1 heterocycles. The van der Waals surface area contributed by atoms with Gasteiger partial charge in [0, 0.05) is 18.6 Å². The van der Waals surface area contributed by atoms with Crippen molar-refractivity contribution < 1.29 is 4.79 Å². The van der Waals surface area contributed by atoms with Crippen molar-refractivity contribution in [3.05, 3.63) is 82.2 Å². The lowest BCUT2D eigenvalue weighted by molar-refractivity contribution is 0.102. The fourth-order valence-electron chi connectivity index (χ4n) is 2.35. The minimum absolute atomic E-state index is 0.202. The van der Waals surface area contributed by atoms with Crippen LogP contribution >= 0.6 is 23.2 Å². The average Bonchev–Trinajstić information content (AvgIpc) is 2.65. The van der Waals surface area contributed by atoms with E-state index in [-0.39, 0.29) is 11.6 Å². The summed E-state index contributed by atoms with van der Waals surface area (Å²) in [5.74, 6) is 0.286. The van der Waals surface area contributed by atoms with Crippen LogP contribution in [0.2, 0.25) is 10.0 Å². The first-order valence-electron chi connectivity index (χ1n) is 7.86. The van der Waals surface area contributed by atoms with E-state index in [1.54, 1.807) is 24.4 Å². The topological polar surface area (TPSA) is 58.1 Å². The molecule has 1 N–H and O–H groups in total. The zero-order valence-electron chi connectivity index (χ0n) is 14.0. The molecule has 0 bridgehead atoms. The summed E-state index contributed by atoms with van der Waals surface area (Å²) in [6, 6.07) is 14.9. The predicted molar refractivity (Wildman–Crippen MR) is 105 cm³/mol. The number of amides is 1. The van der Waals surface area contributed by atoms with Gasteiger partial charge >= 0.3 is 0 Å². The van der Waals surface area contributed by atoms with Crippen molar-refractivity contribution in [1.82, 2.24) is 9.97 Å². The second-order valence-corrected chi connectivity index (χ2v) is 6.52. The fourth-order valence-corrected chi connectivity index (χ4v) is 2.81. The van der Waals surface area contributed by atoms with Crippen LogP contribution < -0.4 is 10.2 Å². The van der Waals surface area contributed by atoms with Gasteiger partial charge in [0.15, 0.2) is 0 Å². The van der Waals surface area contributed by atoms with Crippen LogP contribution in [0.4, 0.5) is 11.5 Å². The number of rotatable bonds is 5. The number of nitrogens with one attached hydrogen (secondary N) is 1. The van der Waals surface area contributed by atoms with Crippen LogP contribution in [0.15, 0.2) is 60.9 Å². The second kappa shape index (κ2) is 8.17. The molecule has 26 heavy (non-hydrogen) atoms. The van der Waals surface area contributed by atoms with Crippen molar-refractivity contribution in [3.8, 4) is 0 Å². The van der Waals surface area contributed by atoms with Gasteiger partial charge in [0.2, 0.25) is 0 Å². The number of benzene rings is 2. The molecule has 3 aromatic rings. The van der Waals surface area contributed by atoms with E-state index in [2.05, 4.69) is 15.3 Å². The molecular formula is C19H16Cl2N4O. The Morgan fingerprint density at radius 1 is 1.08 bits per heavy atom. The molecule has 0 saturated carbocycles. The van der Waals surface area contributed by atoms with Gasteiger partial charge in [-0.1, -0.05) is 53.5 Å². The Bertz CT molecular complexity index is 901. The van der Waals surface area contributed by atoms with Gasteiger partial charge in [-0.2, -0.15) is 0 Å². The smallest absolute Gasteiger partial charge is 0.275 e. The van der Waals surface area contributed by atoms with Crippen LogP contribution in [-0.4, -0.2) is 22.9 Å². The summed E-state index contributed by atoms with van der Waals surface area (Å²) in [5.41, 5.74) is 1.83. The molecule has 2 aromatic carbocycles. The van der Waals surface area contributed by atoms with Crippen LogP contribution in [0.25, 0.3) is 0 Å². The lowest BCUT2D eigenvalue weighted by atomic mass is 10.2. The maximum atomic E-state index is 12.3. The fraction of sp³-hybridized carbons (Fsp3) is 0.105. The number of carbonyl (C=O) groups is 1. The first-order chi connectivity index (χ1) is 12.5. The third-order valence-electron chi connectivity index (χ3n) is 3.70. The molecule has 0 saturated heterocycles. The molecule has 132 valence electrons. The molecule has 0 radical (unpaired) electrons. The van der Waals surface area contributed by atoms with Crippen LogP contribution in [-0.2, 0) is 6.54 Å². The Labute approximate surface area is 161 Å². The number of aromatic nitrogens is 2. The van der Waals surface area contributed by atoms with Gasteiger partial charge in [0.1, 0.15) is 11.5 Å². The monoisotopic (exact) mass is 386 g/mol.